The largest absolute Gasteiger partial charge is 0.496 e. The highest BCUT2D eigenvalue weighted by Gasteiger charge is 2.41. The second kappa shape index (κ2) is 5.99. The summed E-state index contributed by atoms with van der Waals surface area (Å²) in [5.74, 6) is 0.0653. The predicted octanol–water partition coefficient (Wildman–Crippen LogP) is 4.24. The van der Waals surface area contributed by atoms with E-state index >= 15 is 0 Å². The van der Waals surface area contributed by atoms with Crippen LogP contribution < -0.4 is 4.74 Å². The maximum Gasteiger partial charge on any atom is 0.222 e. The van der Waals surface area contributed by atoms with Crippen LogP contribution in [0, 0.1) is 0 Å². The van der Waals surface area contributed by atoms with Crippen molar-refractivity contribution in [3.8, 4) is 5.75 Å². The molecule has 3 nitrogen and oxygen atoms in total. The predicted molar refractivity (Wildman–Crippen MR) is 90.8 cm³/mol. The van der Waals surface area contributed by atoms with Crippen molar-refractivity contribution in [1.29, 1.82) is 0 Å². The fourth-order valence-electron chi connectivity index (χ4n) is 3.07. The van der Waals surface area contributed by atoms with Gasteiger partial charge in [-0.05, 0) is 29.2 Å². The van der Waals surface area contributed by atoms with Gasteiger partial charge in [0.15, 0.2) is 0 Å². The van der Waals surface area contributed by atoms with Gasteiger partial charge in [0.1, 0.15) is 5.75 Å². The first-order valence-corrected chi connectivity index (χ1v) is 8.00. The van der Waals surface area contributed by atoms with Crippen LogP contribution in [0.5, 0.6) is 5.75 Å². The Morgan fingerprint density at radius 3 is 2.13 bits per heavy atom. The van der Waals surface area contributed by atoms with Gasteiger partial charge in [-0.2, -0.15) is 0 Å². The van der Waals surface area contributed by atoms with Crippen molar-refractivity contribution in [3.63, 3.8) is 0 Å². The Bertz CT molecular complexity index is 665. The lowest BCUT2D eigenvalue weighted by Crippen LogP contribution is -2.29. The van der Waals surface area contributed by atoms with Crippen LogP contribution in [0.1, 0.15) is 37.5 Å². The van der Waals surface area contributed by atoms with E-state index in [4.69, 9.17) is 14.2 Å². The fraction of sp³-hybridized carbons (Fsp3) is 0.400. The van der Waals surface area contributed by atoms with Crippen molar-refractivity contribution in [2.24, 2.45) is 0 Å². The SMILES string of the molecule is COc1ccc(C2(c3ccccc3)OCCO2)cc1C(C)(C)C. The van der Waals surface area contributed by atoms with Crippen molar-refractivity contribution in [2.45, 2.75) is 32.0 Å². The molecule has 0 bridgehead atoms. The Kier molecular flexibility index (Phi) is 4.17. The molecule has 1 fully saturated rings. The molecule has 3 rings (SSSR count). The molecule has 0 aliphatic carbocycles. The Balaban J connectivity index is 2.15. The van der Waals surface area contributed by atoms with Gasteiger partial charge >= 0.3 is 0 Å². The minimum absolute atomic E-state index is 0.0299. The Morgan fingerprint density at radius 1 is 0.913 bits per heavy atom. The first kappa shape index (κ1) is 16.0. The monoisotopic (exact) mass is 312 g/mol. The van der Waals surface area contributed by atoms with Gasteiger partial charge in [-0.25, -0.2) is 0 Å². The van der Waals surface area contributed by atoms with E-state index in [1.165, 1.54) is 0 Å². The van der Waals surface area contributed by atoms with Crippen molar-refractivity contribution >= 4 is 0 Å². The average molecular weight is 312 g/mol. The van der Waals surface area contributed by atoms with Crippen LogP contribution in [0.25, 0.3) is 0 Å². The first-order valence-electron chi connectivity index (χ1n) is 8.00. The molecule has 1 aliphatic rings. The highest BCUT2D eigenvalue weighted by Crippen LogP contribution is 2.41. The molecule has 0 aromatic heterocycles. The van der Waals surface area contributed by atoms with E-state index in [1.807, 2.05) is 42.5 Å². The van der Waals surface area contributed by atoms with Crippen LogP contribution in [0.4, 0.5) is 0 Å². The van der Waals surface area contributed by atoms with Crippen molar-refractivity contribution in [1.82, 2.24) is 0 Å². The summed E-state index contributed by atoms with van der Waals surface area (Å²) in [6.45, 7) is 7.72. The molecule has 23 heavy (non-hydrogen) atoms. The quantitative estimate of drug-likeness (QED) is 0.848. The van der Waals surface area contributed by atoms with Gasteiger partial charge in [0.25, 0.3) is 0 Å². The molecule has 3 heteroatoms. The second-order valence-electron chi connectivity index (χ2n) is 6.84. The lowest BCUT2D eigenvalue weighted by atomic mass is 9.83. The van der Waals surface area contributed by atoms with Crippen LogP contribution in [-0.2, 0) is 20.7 Å². The molecule has 1 heterocycles. The molecule has 0 amide bonds. The lowest BCUT2D eigenvalue weighted by molar-refractivity contribution is -0.130. The Morgan fingerprint density at radius 2 is 1.57 bits per heavy atom. The van der Waals surface area contributed by atoms with E-state index in [1.54, 1.807) is 7.11 Å². The van der Waals surface area contributed by atoms with Crippen molar-refractivity contribution in [3.05, 3.63) is 65.2 Å². The van der Waals surface area contributed by atoms with Gasteiger partial charge in [0, 0.05) is 11.1 Å². The van der Waals surface area contributed by atoms with E-state index in [-0.39, 0.29) is 5.41 Å². The number of hydrogen-bond acceptors (Lipinski definition) is 3. The minimum atomic E-state index is -0.826. The summed E-state index contributed by atoms with van der Waals surface area (Å²) in [6, 6.07) is 16.3. The molecule has 0 saturated carbocycles. The molecule has 0 spiro atoms. The van der Waals surface area contributed by atoms with Gasteiger partial charge in [0.05, 0.1) is 20.3 Å². The van der Waals surface area contributed by atoms with Crippen LogP contribution in [0.2, 0.25) is 0 Å². The normalized spacial score (nSPS) is 17.2. The van der Waals surface area contributed by atoms with Gasteiger partial charge in [-0.1, -0.05) is 51.1 Å². The average Bonchev–Trinajstić information content (AvgIpc) is 3.05. The summed E-state index contributed by atoms with van der Waals surface area (Å²) in [4.78, 5) is 0. The summed E-state index contributed by atoms with van der Waals surface area (Å²) in [5.41, 5.74) is 3.14. The Labute approximate surface area is 138 Å². The third-order valence-electron chi connectivity index (χ3n) is 4.24. The molecule has 2 aromatic carbocycles. The summed E-state index contributed by atoms with van der Waals surface area (Å²) in [5, 5.41) is 0. The highest BCUT2D eigenvalue weighted by atomic mass is 16.7. The van der Waals surface area contributed by atoms with Gasteiger partial charge < -0.3 is 14.2 Å². The Hall–Kier alpha value is -1.84. The number of hydrogen-bond donors (Lipinski definition) is 0. The summed E-state index contributed by atoms with van der Waals surface area (Å²) in [7, 11) is 1.71. The molecule has 0 radical (unpaired) electrons. The van der Waals surface area contributed by atoms with Crippen LogP contribution in [0.3, 0.4) is 0 Å². The van der Waals surface area contributed by atoms with Crippen molar-refractivity contribution in [2.75, 3.05) is 20.3 Å². The summed E-state index contributed by atoms with van der Waals surface area (Å²) < 4.78 is 17.7. The molecule has 1 saturated heterocycles. The molecule has 2 aromatic rings. The zero-order valence-electron chi connectivity index (χ0n) is 14.3. The maximum atomic E-state index is 6.09. The van der Waals surface area contributed by atoms with Crippen molar-refractivity contribution < 1.29 is 14.2 Å². The molecule has 0 unspecified atom stereocenters. The fourth-order valence-corrected chi connectivity index (χ4v) is 3.07. The molecular formula is C20H24O3. The minimum Gasteiger partial charge on any atom is -0.496 e. The zero-order chi connectivity index (χ0) is 16.5. The van der Waals surface area contributed by atoms with Crippen LogP contribution in [-0.4, -0.2) is 20.3 Å². The standard InChI is InChI=1S/C20H24O3/c1-19(2,3)17-14-16(10-11-18(17)21-4)20(22-12-13-23-20)15-8-6-5-7-9-15/h5-11,14H,12-13H2,1-4H3. The van der Waals surface area contributed by atoms with E-state index in [2.05, 4.69) is 26.8 Å². The van der Waals surface area contributed by atoms with Crippen LogP contribution in [0.15, 0.2) is 48.5 Å². The molecule has 0 atom stereocenters. The summed E-state index contributed by atoms with van der Waals surface area (Å²) >= 11 is 0. The maximum absolute atomic E-state index is 6.09. The zero-order valence-corrected chi connectivity index (χ0v) is 14.3. The number of rotatable bonds is 3. The second-order valence-corrected chi connectivity index (χ2v) is 6.84. The number of ether oxygens (including phenoxy) is 3. The smallest absolute Gasteiger partial charge is 0.222 e. The molecular weight excluding hydrogens is 288 g/mol. The highest BCUT2D eigenvalue weighted by molar-refractivity contribution is 5.45. The van der Waals surface area contributed by atoms with E-state index in [9.17, 15) is 0 Å². The van der Waals surface area contributed by atoms with Crippen LogP contribution >= 0.6 is 0 Å². The summed E-state index contributed by atoms with van der Waals surface area (Å²) in [6.07, 6.45) is 0. The molecule has 0 N–H and O–H groups in total. The third-order valence-corrected chi connectivity index (χ3v) is 4.24. The van der Waals surface area contributed by atoms with Gasteiger partial charge in [-0.15, -0.1) is 0 Å². The van der Waals surface area contributed by atoms with Gasteiger partial charge in [0.2, 0.25) is 5.79 Å². The van der Waals surface area contributed by atoms with E-state index < -0.39 is 5.79 Å². The van der Waals surface area contributed by atoms with E-state index in [0.717, 1.165) is 22.4 Å². The number of methoxy groups -OCH3 is 1. The van der Waals surface area contributed by atoms with Gasteiger partial charge in [-0.3, -0.25) is 0 Å². The third kappa shape index (κ3) is 2.87. The lowest BCUT2D eigenvalue weighted by Gasteiger charge is -2.31. The number of benzene rings is 2. The topological polar surface area (TPSA) is 27.7 Å². The van der Waals surface area contributed by atoms with E-state index in [0.29, 0.717) is 13.2 Å². The first-order chi connectivity index (χ1) is 11.0. The molecule has 1 aliphatic heterocycles. The molecule has 122 valence electrons.